The molecule has 1 N–H and O–H groups in total. The van der Waals surface area contributed by atoms with Crippen LogP contribution in [0.4, 0.5) is 0 Å². The van der Waals surface area contributed by atoms with Crippen molar-refractivity contribution in [3.8, 4) is 11.5 Å². The molecule has 1 heterocycles. The predicted molar refractivity (Wildman–Crippen MR) is 56.8 cm³/mol. The summed E-state index contributed by atoms with van der Waals surface area (Å²) in [5, 5.41) is 2.73. The molecule has 1 aromatic carbocycles. The number of nitrogens with one attached hydrogen (secondary N) is 1. The van der Waals surface area contributed by atoms with Gasteiger partial charge in [-0.3, -0.25) is 4.79 Å². The SMILES string of the molecule is COCCNC(=O)c1cccc2c1OCO2. The van der Waals surface area contributed by atoms with Crippen molar-refractivity contribution in [2.24, 2.45) is 0 Å². The molecule has 0 saturated carbocycles. The highest BCUT2D eigenvalue weighted by Crippen LogP contribution is 2.35. The predicted octanol–water partition coefficient (Wildman–Crippen LogP) is 0.791. The highest BCUT2D eigenvalue weighted by molar-refractivity contribution is 5.97. The van der Waals surface area contributed by atoms with Gasteiger partial charge < -0.3 is 19.5 Å². The van der Waals surface area contributed by atoms with Gasteiger partial charge in [-0.05, 0) is 12.1 Å². The molecule has 16 heavy (non-hydrogen) atoms. The summed E-state index contributed by atoms with van der Waals surface area (Å²) < 4.78 is 15.3. The van der Waals surface area contributed by atoms with Crippen LogP contribution in [-0.4, -0.2) is 33.0 Å². The van der Waals surface area contributed by atoms with Crippen LogP contribution in [0.15, 0.2) is 18.2 Å². The quantitative estimate of drug-likeness (QED) is 0.767. The monoisotopic (exact) mass is 223 g/mol. The Labute approximate surface area is 93.3 Å². The average Bonchev–Trinajstić information content (AvgIpc) is 2.76. The number of fused-ring (bicyclic) bond motifs is 1. The molecule has 2 rings (SSSR count). The molecule has 0 aromatic heterocycles. The highest BCUT2D eigenvalue weighted by atomic mass is 16.7. The van der Waals surface area contributed by atoms with Crippen molar-refractivity contribution >= 4 is 5.91 Å². The number of para-hydroxylation sites is 1. The van der Waals surface area contributed by atoms with E-state index in [2.05, 4.69) is 5.32 Å². The van der Waals surface area contributed by atoms with Crippen molar-refractivity contribution < 1.29 is 19.0 Å². The Morgan fingerprint density at radius 2 is 2.38 bits per heavy atom. The molecule has 0 fully saturated rings. The Balaban J connectivity index is 2.09. The Morgan fingerprint density at radius 3 is 3.19 bits per heavy atom. The number of carbonyl (C=O) groups is 1. The molecule has 1 aliphatic heterocycles. The maximum atomic E-state index is 11.8. The lowest BCUT2D eigenvalue weighted by atomic mass is 10.1. The summed E-state index contributed by atoms with van der Waals surface area (Å²) in [4.78, 5) is 11.8. The summed E-state index contributed by atoms with van der Waals surface area (Å²) >= 11 is 0. The van der Waals surface area contributed by atoms with Crippen LogP contribution in [0.3, 0.4) is 0 Å². The summed E-state index contributed by atoms with van der Waals surface area (Å²) in [5.74, 6) is 0.941. The molecular formula is C11H13NO4. The third-order valence-electron chi connectivity index (χ3n) is 2.23. The molecule has 1 aliphatic rings. The fourth-order valence-electron chi connectivity index (χ4n) is 1.47. The fourth-order valence-corrected chi connectivity index (χ4v) is 1.47. The molecule has 1 amide bonds. The zero-order chi connectivity index (χ0) is 11.4. The zero-order valence-corrected chi connectivity index (χ0v) is 8.99. The van der Waals surface area contributed by atoms with Gasteiger partial charge in [-0.25, -0.2) is 0 Å². The number of hydrogen-bond donors (Lipinski definition) is 1. The van der Waals surface area contributed by atoms with Crippen molar-refractivity contribution in [2.45, 2.75) is 0 Å². The van der Waals surface area contributed by atoms with Crippen LogP contribution in [0.25, 0.3) is 0 Å². The average molecular weight is 223 g/mol. The molecule has 86 valence electrons. The molecule has 0 unspecified atom stereocenters. The second-order valence-corrected chi connectivity index (χ2v) is 3.29. The lowest BCUT2D eigenvalue weighted by Gasteiger charge is -2.06. The number of rotatable bonds is 4. The van der Waals surface area contributed by atoms with E-state index in [-0.39, 0.29) is 12.7 Å². The van der Waals surface area contributed by atoms with E-state index in [9.17, 15) is 4.79 Å². The molecule has 0 radical (unpaired) electrons. The van der Waals surface area contributed by atoms with E-state index in [1.165, 1.54) is 0 Å². The largest absolute Gasteiger partial charge is 0.454 e. The maximum Gasteiger partial charge on any atom is 0.255 e. The van der Waals surface area contributed by atoms with Gasteiger partial charge in [-0.2, -0.15) is 0 Å². The first-order chi connectivity index (χ1) is 7.83. The van der Waals surface area contributed by atoms with Crippen LogP contribution in [-0.2, 0) is 4.74 Å². The third kappa shape index (κ3) is 2.09. The lowest BCUT2D eigenvalue weighted by Crippen LogP contribution is -2.27. The van der Waals surface area contributed by atoms with Crippen molar-refractivity contribution in [1.29, 1.82) is 0 Å². The molecule has 0 atom stereocenters. The van der Waals surface area contributed by atoms with Crippen LogP contribution in [0.2, 0.25) is 0 Å². The van der Waals surface area contributed by atoms with Crippen molar-refractivity contribution in [1.82, 2.24) is 5.32 Å². The molecule has 0 spiro atoms. The summed E-state index contributed by atoms with van der Waals surface area (Å²) in [7, 11) is 1.59. The van der Waals surface area contributed by atoms with E-state index in [0.29, 0.717) is 30.2 Å². The number of carbonyl (C=O) groups excluding carboxylic acids is 1. The summed E-state index contributed by atoms with van der Waals surface area (Å²) in [5.41, 5.74) is 0.492. The maximum absolute atomic E-state index is 11.8. The normalized spacial score (nSPS) is 12.6. The smallest absolute Gasteiger partial charge is 0.255 e. The van der Waals surface area contributed by atoms with Gasteiger partial charge in [0.05, 0.1) is 12.2 Å². The fraction of sp³-hybridized carbons (Fsp3) is 0.364. The molecule has 5 nitrogen and oxygen atoms in total. The van der Waals surface area contributed by atoms with Gasteiger partial charge in [0.1, 0.15) is 0 Å². The van der Waals surface area contributed by atoms with Gasteiger partial charge in [0.2, 0.25) is 6.79 Å². The minimum atomic E-state index is -0.181. The minimum absolute atomic E-state index is 0.164. The van der Waals surface area contributed by atoms with E-state index in [0.717, 1.165) is 0 Å². The van der Waals surface area contributed by atoms with Crippen LogP contribution in [0.5, 0.6) is 11.5 Å². The highest BCUT2D eigenvalue weighted by Gasteiger charge is 2.21. The molecule has 0 bridgehead atoms. The van der Waals surface area contributed by atoms with E-state index >= 15 is 0 Å². The van der Waals surface area contributed by atoms with E-state index in [1.54, 1.807) is 25.3 Å². The Morgan fingerprint density at radius 1 is 1.50 bits per heavy atom. The van der Waals surface area contributed by atoms with Gasteiger partial charge in [-0.15, -0.1) is 0 Å². The van der Waals surface area contributed by atoms with E-state index < -0.39 is 0 Å². The topological polar surface area (TPSA) is 56.8 Å². The van der Waals surface area contributed by atoms with Crippen LogP contribution in [0, 0.1) is 0 Å². The van der Waals surface area contributed by atoms with Crippen molar-refractivity contribution in [2.75, 3.05) is 27.1 Å². The molecule has 0 saturated heterocycles. The van der Waals surface area contributed by atoms with E-state index in [4.69, 9.17) is 14.2 Å². The van der Waals surface area contributed by atoms with Gasteiger partial charge in [0, 0.05) is 13.7 Å². The number of benzene rings is 1. The third-order valence-corrected chi connectivity index (χ3v) is 2.23. The second kappa shape index (κ2) is 4.85. The molecular weight excluding hydrogens is 210 g/mol. The number of ether oxygens (including phenoxy) is 3. The molecule has 0 aliphatic carbocycles. The number of hydrogen-bond acceptors (Lipinski definition) is 4. The first-order valence-corrected chi connectivity index (χ1v) is 4.98. The summed E-state index contributed by atoms with van der Waals surface area (Å²) in [6, 6.07) is 5.24. The molecule has 5 heteroatoms. The van der Waals surface area contributed by atoms with Gasteiger partial charge >= 0.3 is 0 Å². The van der Waals surface area contributed by atoms with E-state index in [1.807, 2.05) is 0 Å². The zero-order valence-electron chi connectivity index (χ0n) is 8.99. The lowest BCUT2D eigenvalue weighted by molar-refractivity contribution is 0.0932. The minimum Gasteiger partial charge on any atom is -0.454 e. The van der Waals surface area contributed by atoms with Gasteiger partial charge in [-0.1, -0.05) is 6.07 Å². The van der Waals surface area contributed by atoms with Crippen molar-refractivity contribution in [3.63, 3.8) is 0 Å². The van der Waals surface area contributed by atoms with Crippen LogP contribution < -0.4 is 14.8 Å². The number of methoxy groups -OCH3 is 1. The van der Waals surface area contributed by atoms with Gasteiger partial charge in [0.15, 0.2) is 11.5 Å². The van der Waals surface area contributed by atoms with Gasteiger partial charge in [0.25, 0.3) is 5.91 Å². The van der Waals surface area contributed by atoms with Crippen molar-refractivity contribution in [3.05, 3.63) is 23.8 Å². The standard InChI is InChI=1S/C11H13NO4/c1-14-6-5-12-11(13)8-3-2-4-9-10(8)16-7-15-9/h2-4H,5-7H2,1H3,(H,12,13). The Bertz CT molecular complexity index is 392. The number of amides is 1. The summed E-state index contributed by atoms with van der Waals surface area (Å²) in [6.45, 7) is 1.12. The first kappa shape index (κ1) is 10.8. The van der Waals surface area contributed by atoms with Crippen LogP contribution in [0.1, 0.15) is 10.4 Å². The Hall–Kier alpha value is -1.75. The van der Waals surface area contributed by atoms with Crippen LogP contribution >= 0.6 is 0 Å². The first-order valence-electron chi connectivity index (χ1n) is 4.98. The Kier molecular flexibility index (Phi) is 3.26. The summed E-state index contributed by atoms with van der Waals surface area (Å²) in [6.07, 6.45) is 0. The second-order valence-electron chi connectivity index (χ2n) is 3.29. The molecule has 1 aromatic rings.